The average Bonchev–Trinajstić information content (AvgIpc) is 2.91. The number of rotatable bonds is 5. The summed E-state index contributed by atoms with van der Waals surface area (Å²) in [6.45, 7) is 0.567. The molecule has 1 aliphatic heterocycles. The van der Waals surface area contributed by atoms with Gasteiger partial charge in [0.25, 0.3) is 5.91 Å². The summed E-state index contributed by atoms with van der Waals surface area (Å²) in [6, 6.07) is 8.32. The van der Waals surface area contributed by atoms with Crippen LogP contribution in [-0.2, 0) is 31.1 Å². The summed E-state index contributed by atoms with van der Waals surface area (Å²) >= 11 is 0. The fourth-order valence-corrected chi connectivity index (χ4v) is 3.80. The van der Waals surface area contributed by atoms with Crippen molar-refractivity contribution in [3.05, 3.63) is 59.7 Å². The van der Waals surface area contributed by atoms with E-state index in [9.17, 15) is 36.0 Å². The second kappa shape index (κ2) is 7.93. The molecule has 0 saturated carbocycles. The van der Waals surface area contributed by atoms with Crippen LogP contribution in [0.5, 0.6) is 0 Å². The maximum absolute atomic E-state index is 13.0. The van der Waals surface area contributed by atoms with Crippen LogP contribution in [-0.4, -0.2) is 44.0 Å². The molecule has 32 heavy (non-hydrogen) atoms. The first-order chi connectivity index (χ1) is 14.7. The van der Waals surface area contributed by atoms with Crippen LogP contribution in [0.25, 0.3) is 0 Å². The maximum atomic E-state index is 13.0. The third-order valence-electron chi connectivity index (χ3n) is 4.91. The van der Waals surface area contributed by atoms with Crippen molar-refractivity contribution < 1.29 is 36.0 Å². The second-order valence-corrected chi connectivity index (χ2v) is 9.39. The van der Waals surface area contributed by atoms with Gasteiger partial charge in [0.1, 0.15) is 12.1 Å². The van der Waals surface area contributed by atoms with Crippen LogP contribution in [0.1, 0.15) is 18.1 Å². The van der Waals surface area contributed by atoms with Crippen molar-refractivity contribution in [2.45, 2.75) is 23.5 Å². The van der Waals surface area contributed by atoms with Gasteiger partial charge in [-0.1, -0.05) is 12.1 Å². The van der Waals surface area contributed by atoms with Crippen LogP contribution in [0, 0.1) is 0 Å². The second-order valence-electron chi connectivity index (χ2n) is 7.37. The summed E-state index contributed by atoms with van der Waals surface area (Å²) in [5.74, 6) is -1.64. The van der Waals surface area contributed by atoms with Gasteiger partial charge in [0.15, 0.2) is 9.84 Å². The number of halogens is 3. The van der Waals surface area contributed by atoms with Crippen molar-refractivity contribution in [1.82, 2.24) is 10.2 Å². The minimum atomic E-state index is -4.63. The number of sulfone groups is 1. The van der Waals surface area contributed by atoms with E-state index < -0.39 is 51.5 Å². The fourth-order valence-electron chi connectivity index (χ4n) is 3.17. The molecule has 0 aliphatic carbocycles. The van der Waals surface area contributed by atoms with Crippen LogP contribution in [0.3, 0.4) is 0 Å². The van der Waals surface area contributed by atoms with E-state index in [1.165, 1.54) is 37.3 Å². The zero-order valence-electron chi connectivity index (χ0n) is 16.9. The number of benzene rings is 2. The van der Waals surface area contributed by atoms with Crippen molar-refractivity contribution in [2.24, 2.45) is 0 Å². The predicted molar refractivity (Wildman–Crippen MR) is 107 cm³/mol. The molecule has 0 bridgehead atoms. The molecular formula is C20H18F3N3O5S. The molecule has 4 amide bonds. The zero-order valence-corrected chi connectivity index (χ0v) is 17.7. The van der Waals surface area contributed by atoms with E-state index in [4.69, 9.17) is 0 Å². The summed E-state index contributed by atoms with van der Waals surface area (Å²) in [6.07, 6.45) is -3.61. The van der Waals surface area contributed by atoms with Gasteiger partial charge >= 0.3 is 12.2 Å². The predicted octanol–water partition coefficient (Wildman–Crippen LogP) is 2.51. The quantitative estimate of drug-likeness (QED) is 0.654. The van der Waals surface area contributed by atoms with Crippen molar-refractivity contribution in [3.63, 3.8) is 0 Å². The van der Waals surface area contributed by atoms with Gasteiger partial charge in [0.2, 0.25) is 5.91 Å². The third kappa shape index (κ3) is 4.59. The summed E-state index contributed by atoms with van der Waals surface area (Å²) in [7, 11) is -3.42. The highest BCUT2D eigenvalue weighted by atomic mass is 32.2. The van der Waals surface area contributed by atoms with Crippen LogP contribution in [0.4, 0.5) is 23.7 Å². The smallest absolute Gasteiger partial charge is 0.325 e. The van der Waals surface area contributed by atoms with Gasteiger partial charge in [-0.05, 0) is 48.9 Å². The van der Waals surface area contributed by atoms with Crippen molar-refractivity contribution in [1.29, 1.82) is 0 Å². The Morgan fingerprint density at radius 1 is 1.12 bits per heavy atom. The van der Waals surface area contributed by atoms with E-state index in [0.717, 1.165) is 24.5 Å². The van der Waals surface area contributed by atoms with Crippen molar-refractivity contribution >= 4 is 33.4 Å². The number of nitrogens with zero attached hydrogens (tertiary/aromatic N) is 1. The Bertz CT molecular complexity index is 1200. The monoisotopic (exact) mass is 469 g/mol. The lowest BCUT2D eigenvalue weighted by atomic mass is 9.90. The number of nitrogens with one attached hydrogen (secondary N) is 2. The number of amides is 4. The van der Waals surface area contributed by atoms with E-state index in [-0.39, 0.29) is 16.1 Å². The molecule has 1 atom stereocenters. The molecule has 1 unspecified atom stereocenters. The number of alkyl halides is 3. The van der Waals surface area contributed by atoms with E-state index in [0.29, 0.717) is 4.90 Å². The molecule has 12 heteroatoms. The molecule has 1 fully saturated rings. The van der Waals surface area contributed by atoms with Crippen LogP contribution in [0.15, 0.2) is 53.4 Å². The molecule has 0 radical (unpaired) electrons. The Morgan fingerprint density at radius 2 is 1.75 bits per heavy atom. The Balaban J connectivity index is 1.75. The fraction of sp³-hybridized carbons (Fsp3) is 0.250. The number of hydrogen-bond acceptors (Lipinski definition) is 5. The minimum Gasteiger partial charge on any atom is -0.325 e. The number of urea groups is 1. The van der Waals surface area contributed by atoms with E-state index in [1.54, 1.807) is 0 Å². The number of imide groups is 1. The van der Waals surface area contributed by atoms with Gasteiger partial charge in [-0.15, -0.1) is 0 Å². The molecule has 0 spiro atoms. The molecule has 1 saturated heterocycles. The summed E-state index contributed by atoms with van der Waals surface area (Å²) in [5.41, 5.74) is -2.61. The van der Waals surface area contributed by atoms with Crippen molar-refractivity contribution in [2.75, 3.05) is 18.1 Å². The molecule has 2 N–H and O–H groups in total. The normalized spacial score (nSPS) is 19.1. The Morgan fingerprint density at radius 3 is 2.31 bits per heavy atom. The van der Waals surface area contributed by atoms with Gasteiger partial charge in [-0.3, -0.25) is 14.5 Å². The van der Waals surface area contributed by atoms with E-state index in [1.807, 2.05) is 0 Å². The first-order valence-electron chi connectivity index (χ1n) is 9.13. The average molecular weight is 469 g/mol. The zero-order chi connectivity index (χ0) is 23.9. The highest BCUT2D eigenvalue weighted by Gasteiger charge is 2.50. The van der Waals surface area contributed by atoms with Crippen LogP contribution >= 0.6 is 0 Å². The lowest BCUT2D eigenvalue weighted by Gasteiger charge is -2.23. The number of anilines is 1. The lowest BCUT2D eigenvalue weighted by Crippen LogP contribution is -2.42. The maximum Gasteiger partial charge on any atom is 0.416 e. The first kappa shape index (κ1) is 23.3. The third-order valence-corrected chi connectivity index (χ3v) is 6.04. The molecular weight excluding hydrogens is 451 g/mol. The SMILES string of the molecule is CC1(c2cccc(C(F)(F)F)c2)NC(=O)N(CC(=O)Nc2ccc(S(C)(=O)=O)cc2)C1=O. The molecule has 1 heterocycles. The molecule has 8 nitrogen and oxygen atoms in total. The molecule has 2 aromatic carbocycles. The summed E-state index contributed by atoms with van der Waals surface area (Å²) in [4.78, 5) is 38.1. The Hall–Kier alpha value is -3.41. The van der Waals surface area contributed by atoms with Crippen molar-refractivity contribution in [3.8, 4) is 0 Å². The summed E-state index contributed by atoms with van der Waals surface area (Å²) < 4.78 is 62.1. The highest BCUT2D eigenvalue weighted by molar-refractivity contribution is 7.90. The standard InChI is InChI=1S/C20H18F3N3O5S/c1-19(12-4-3-5-13(10-12)20(21,22)23)17(28)26(18(29)25-19)11-16(27)24-14-6-8-15(9-7-14)32(2,30)31/h3-10H,11H2,1-2H3,(H,24,27)(H,25,29). The van der Waals surface area contributed by atoms with Gasteiger partial charge < -0.3 is 10.6 Å². The molecule has 0 aromatic heterocycles. The van der Waals surface area contributed by atoms with Gasteiger partial charge in [0.05, 0.1) is 10.5 Å². The molecule has 3 rings (SSSR count). The summed E-state index contributed by atoms with van der Waals surface area (Å²) in [5, 5.41) is 4.77. The molecule has 2 aromatic rings. The van der Waals surface area contributed by atoms with Gasteiger partial charge in [-0.25, -0.2) is 13.2 Å². The molecule has 1 aliphatic rings. The first-order valence-corrected chi connectivity index (χ1v) is 11.0. The van der Waals surface area contributed by atoms with E-state index >= 15 is 0 Å². The van der Waals surface area contributed by atoms with Crippen LogP contribution in [0.2, 0.25) is 0 Å². The largest absolute Gasteiger partial charge is 0.416 e. The number of carbonyl (C=O) groups is 3. The minimum absolute atomic E-state index is 0.0430. The number of carbonyl (C=O) groups excluding carboxylic acids is 3. The van der Waals surface area contributed by atoms with Crippen LogP contribution < -0.4 is 10.6 Å². The van der Waals surface area contributed by atoms with Gasteiger partial charge in [-0.2, -0.15) is 13.2 Å². The molecule has 170 valence electrons. The highest BCUT2D eigenvalue weighted by Crippen LogP contribution is 2.34. The van der Waals surface area contributed by atoms with Gasteiger partial charge in [0, 0.05) is 11.9 Å². The Labute approximate surface area is 181 Å². The number of hydrogen-bond donors (Lipinski definition) is 2. The Kier molecular flexibility index (Phi) is 5.77. The lowest BCUT2D eigenvalue weighted by molar-refractivity contribution is -0.138. The topological polar surface area (TPSA) is 113 Å². The van der Waals surface area contributed by atoms with E-state index in [2.05, 4.69) is 10.6 Å².